The van der Waals surface area contributed by atoms with Crippen molar-refractivity contribution in [2.75, 3.05) is 6.61 Å². The molecule has 0 spiro atoms. The van der Waals surface area contributed by atoms with Gasteiger partial charge in [0.1, 0.15) is 11.9 Å². The lowest BCUT2D eigenvalue weighted by Gasteiger charge is -2.32. The fourth-order valence-corrected chi connectivity index (χ4v) is 5.44. The van der Waals surface area contributed by atoms with Crippen molar-refractivity contribution in [1.29, 1.82) is 0 Å². The van der Waals surface area contributed by atoms with E-state index in [4.69, 9.17) is 9.47 Å². The van der Waals surface area contributed by atoms with Crippen LogP contribution in [0.25, 0.3) is 11.1 Å². The maximum Gasteiger partial charge on any atom is 0.343 e. The van der Waals surface area contributed by atoms with Crippen molar-refractivity contribution in [3.63, 3.8) is 0 Å². The van der Waals surface area contributed by atoms with E-state index in [1.54, 1.807) is 24.3 Å². The molecule has 38 heavy (non-hydrogen) atoms. The van der Waals surface area contributed by atoms with E-state index in [9.17, 15) is 23.1 Å². The first-order valence-corrected chi connectivity index (χ1v) is 13.2. The molecular weight excluding hydrogens is 493 g/mol. The van der Waals surface area contributed by atoms with Gasteiger partial charge in [-0.25, -0.2) is 13.6 Å². The number of carbonyl (C=O) groups excluding carboxylic acids is 1. The zero-order valence-electron chi connectivity index (χ0n) is 21.3. The van der Waals surface area contributed by atoms with Crippen LogP contribution in [0.5, 0.6) is 5.75 Å². The summed E-state index contributed by atoms with van der Waals surface area (Å²) in [5.41, 5.74) is 2.14. The van der Waals surface area contributed by atoms with Gasteiger partial charge in [-0.05, 0) is 84.9 Å². The monoisotopic (exact) mass is 524 g/mol. The molecule has 2 fully saturated rings. The Labute approximate surface area is 220 Å². The third-order valence-electron chi connectivity index (χ3n) is 7.75. The highest BCUT2D eigenvalue weighted by molar-refractivity contribution is 5.91. The summed E-state index contributed by atoms with van der Waals surface area (Å²) < 4.78 is 54.8. The highest BCUT2D eigenvalue weighted by Crippen LogP contribution is 2.40. The Morgan fingerprint density at radius 2 is 1.71 bits per heavy atom. The lowest BCUT2D eigenvalue weighted by atomic mass is 9.76. The summed E-state index contributed by atoms with van der Waals surface area (Å²) in [5.74, 6) is -3.85. The molecule has 0 amide bonds. The van der Waals surface area contributed by atoms with Crippen LogP contribution in [0.15, 0.2) is 54.6 Å². The Hall–Kier alpha value is -3.16. The Morgan fingerprint density at radius 3 is 2.34 bits per heavy atom. The fourth-order valence-electron chi connectivity index (χ4n) is 5.44. The van der Waals surface area contributed by atoms with Gasteiger partial charge in [-0.2, -0.15) is 4.39 Å². The summed E-state index contributed by atoms with van der Waals surface area (Å²) in [7, 11) is 0. The Kier molecular flexibility index (Phi) is 7.86. The van der Waals surface area contributed by atoms with Crippen LogP contribution in [0.4, 0.5) is 13.2 Å². The van der Waals surface area contributed by atoms with Crippen molar-refractivity contribution in [3.05, 3.63) is 88.7 Å². The molecule has 1 aliphatic heterocycles. The lowest BCUT2D eigenvalue weighted by Crippen LogP contribution is -2.25. The topological polar surface area (TPSA) is 59.1 Å². The number of ether oxygens (including phenoxy) is 2. The van der Waals surface area contributed by atoms with Crippen LogP contribution in [-0.2, 0) is 4.74 Å². The zero-order valence-corrected chi connectivity index (χ0v) is 21.3. The van der Waals surface area contributed by atoms with E-state index in [0.717, 1.165) is 31.2 Å². The molecule has 0 aromatic heterocycles. The minimum atomic E-state index is -1.19. The minimum Gasteiger partial charge on any atom is -0.420 e. The number of halogens is 3. The SMILES string of the molecule is CCCC(O)C1CCC(c2ccc(OC(=O)c3ccc(-c4ccc(C5CO5)cc4F)cc3)c(F)c2F)CC1. The van der Waals surface area contributed by atoms with Crippen molar-refractivity contribution in [3.8, 4) is 16.9 Å². The van der Waals surface area contributed by atoms with Crippen LogP contribution in [0.3, 0.4) is 0 Å². The summed E-state index contributed by atoms with van der Waals surface area (Å²) in [5, 5.41) is 10.3. The molecule has 0 bridgehead atoms. The van der Waals surface area contributed by atoms with Gasteiger partial charge in [-0.3, -0.25) is 0 Å². The van der Waals surface area contributed by atoms with Crippen molar-refractivity contribution >= 4 is 5.97 Å². The highest BCUT2D eigenvalue weighted by atomic mass is 19.2. The minimum absolute atomic E-state index is 0.0467. The Morgan fingerprint density at radius 1 is 1.00 bits per heavy atom. The molecule has 3 aromatic carbocycles. The van der Waals surface area contributed by atoms with E-state index < -0.39 is 29.2 Å². The van der Waals surface area contributed by atoms with Crippen LogP contribution >= 0.6 is 0 Å². The van der Waals surface area contributed by atoms with E-state index >= 15 is 0 Å². The first-order valence-electron chi connectivity index (χ1n) is 13.2. The quantitative estimate of drug-likeness (QED) is 0.188. The molecule has 7 heteroatoms. The van der Waals surface area contributed by atoms with E-state index in [0.29, 0.717) is 30.6 Å². The molecular formula is C31H31F3O4. The number of benzene rings is 3. The van der Waals surface area contributed by atoms with Crippen molar-refractivity contribution in [2.24, 2.45) is 5.92 Å². The van der Waals surface area contributed by atoms with Gasteiger partial charge < -0.3 is 14.6 Å². The smallest absolute Gasteiger partial charge is 0.343 e. The number of epoxide rings is 1. The molecule has 2 unspecified atom stereocenters. The third-order valence-corrected chi connectivity index (χ3v) is 7.75. The van der Waals surface area contributed by atoms with Gasteiger partial charge in [-0.15, -0.1) is 0 Å². The predicted molar refractivity (Wildman–Crippen MR) is 137 cm³/mol. The summed E-state index contributed by atoms with van der Waals surface area (Å²) in [6.07, 6.45) is 4.14. The van der Waals surface area contributed by atoms with E-state index in [1.165, 1.54) is 30.3 Å². The number of aliphatic hydroxyl groups is 1. The molecule has 4 nitrogen and oxygen atoms in total. The zero-order chi connectivity index (χ0) is 26.8. The third kappa shape index (κ3) is 5.64. The Bertz CT molecular complexity index is 1300. The van der Waals surface area contributed by atoms with Crippen LogP contribution in [-0.4, -0.2) is 23.8 Å². The second-order valence-electron chi connectivity index (χ2n) is 10.3. The molecule has 1 saturated heterocycles. The van der Waals surface area contributed by atoms with Crippen molar-refractivity contribution in [2.45, 2.75) is 63.6 Å². The maximum absolute atomic E-state index is 15.0. The van der Waals surface area contributed by atoms with Crippen molar-refractivity contribution < 1.29 is 32.5 Å². The van der Waals surface area contributed by atoms with Crippen molar-refractivity contribution in [1.82, 2.24) is 0 Å². The van der Waals surface area contributed by atoms with E-state index in [1.807, 2.05) is 6.92 Å². The Balaban J connectivity index is 1.24. The first kappa shape index (κ1) is 26.4. The molecule has 200 valence electrons. The van der Waals surface area contributed by atoms with Gasteiger partial charge >= 0.3 is 5.97 Å². The summed E-state index contributed by atoms with van der Waals surface area (Å²) >= 11 is 0. The van der Waals surface area contributed by atoms with Gasteiger partial charge in [0.05, 0.1) is 18.3 Å². The van der Waals surface area contributed by atoms with Gasteiger partial charge in [0, 0.05) is 5.56 Å². The number of aliphatic hydroxyl groups excluding tert-OH is 1. The summed E-state index contributed by atoms with van der Waals surface area (Å²) in [4.78, 5) is 12.6. The van der Waals surface area contributed by atoms with Crippen LogP contribution < -0.4 is 4.74 Å². The van der Waals surface area contributed by atoms with Gasteiger partial charge in [0.25, 0.3) is 0 Å². The average Bonchev–Trinajstić information content (AvgIpc) is 3.78. The summed E-state index contributed by atoms with van der Waals surface area (Å²) in [6.45, 7) is 2.62. The number of hydrogen-bond donors (Lipinski definition) is 1. The van der Waals surface area contributed by atoms with Crippen LogP contribution in [0.2, 0.25) is 0 Å². The van der Waals surface area contributed by atoms with Crippen LogP contribution in [0, 0.1) is 23.4 Å². The second-order valence-corrected chi connectivity index (χ2v) is 10.3. The molecule has 2 atom stereocenters. The predicted octanol–water partition coefficient (Wildman–Crippen LogP) is 7.50. The summed E-state index contributed by atoms with van der Waals surface area (Å²) in [6, 6.07) is 13.8. The van der Waals surface area contributed by atoms with Gasteiger partial charge in [0.2, 0.25) is 5.82 Å². The lowest BCUT2D eigenvalue weighted by molar-refractivity contribution is 0.0725. The first-order chi connectivity index (χ1) is 18.4. The molecule has 5 rings (SSSR count). The maximum atomic E-state index is 15.0. The molecule has 2 aliphatic rings. The molecule has 1 N–H and O–H groups in total. The fraction of sp³-hybridized carbons (Fsp3) is 0.387. The van der Waals surface area contributed by atoms with E-state index in [2.05, 4.69) is 0 Å². The number of esters is 1. The van der Waals surface area contributed by atoms with E-state index in [-0.39, 0.29) is 35.2 Å². The average molecular weight is 525 g/mol. The standard InChI is InChI=1S/C31H31F3O4/c1-2-3-26(35)20-8-4-19(5-9-20)24-14-15-27(30(34)29(24)33)38-31(36)21-10-6-18(7-11-21)23-13-12-22(16-25(23)32)28-17-37-28/h6-7,10-16,19-20,26,28,35H,2-5,8-9,17H2,1H3. The normalized spacial score (nSPS) is 21.7. The molecule has 1 saturated carbocycles. The largest absolute Gasteiger partial charge is 0.420 e. The number of carbonyl (C=O) groups is 1. The highest BCUT2D eigenvalue weighted by Gasteiger charge is 2.30. The number of rotatable bonds is 8. The molecule has 3 aromatic rings. The van der Waals surface area contributed by atoms with Crippen LogP contribution in [0.1, 0.15) is 79.0 Å². The number of hydrogen-bond acceptors (Lipinski definition) is 4. The van der Waals surface area contributed by atoms with Gasteiger partial charge in [-0.1, -0.05) is 43.7 Å². The second kappa shape index (κ2) is 11.3. The molecule has 1 heterocycles. The molecule has 0 radical (unpaired) electrons. The van der Waals surface area contributed by atoms with Gasteiger partial charge in [0.15, 0.2) is 11.6 Å². The molecule has 1 aliphatic carbocycles.